The predicted octanol–water partition coefficient (Wildman–Crippen LogP) is 3.45. The maximum atomic E-state index is 14.0. The minimum Gasteiger partial charge on any atom is -0.335 e. The normalized spacial score (nSPS) is 18.9. The van der Waals surface area contributed by atoms with Gasteiger partial charge in [0.2, 0.25) is 0 Å². The van der Waals surface area contributed by atoms with Crippen molar-refractivity contribution < 1.29 is 14.0 Å². The summed E-state index contributed by atoms with van der Waals surface area (Å²) in [4.78, 5) is 25.4. The molecule has 1 unspecified atom stereocenters. The van der Waals surface area contributed by atoms with Crippen LogP contribution in [0.25, 0.3) is 0 Å². The van der Waals surface area contributed by atoms with Gasteiger partial charge in [0.1, 0.15) is 5.78 Å². The highest BCUT2D eigenvalue weighted by molar-refractivity contribution is 6.31. The van der Waals surface area contributed by atoms with E-state index >= 15 is 0 Å². The molecule has 1 aliphatic rings. The number of carbonyl (C=O) groups excluding carboxylic acids is 2. The largest absolute Gasteiger partial charge is 0.335 e. The summed E-state index contributed by atoms with van der Waals surface area (Å²) in [6, 6.07) is 4.27. The zero-order valence-corrected chi connectivity index (χ0v) is 12.1. The number of hydrogen-bond acceptors (Lipinski definition) is 2. The monoisotopic (exact) mass is 297 g/mol. The number of hydrogen-bond donors (Lipinski definition) is 0. The Morgan fingerprint density at radius 3 is 2.85 bits per heavy atom. The Morgan fingerprint density at radius 2 is 2.15 bits per heavy atom. The quantitative estimate of drug-likeness (QED) is 0.857. The van der Waals surface area contributed by atoms with Crippen molar-refractivity contribution in [3.8, 4) is 0 Å². The molecule has 2 rings (SSSR count). The van der Waals surface area contributed by atoms with Crippen molar-refractivity contribution in [1.82, 2.24) is 4.90 Å². The zero-order valence-electron chi connectivity index (χ0n) is 11.4. The third-order valence-corrected chi connectivity index (χ3v) is 3.88. The number of piperidine rings is 1. The van der Waals surface area contributed by atoms with Crippen LogP contribution >= 0.6 is 11.6 Å². The number of likely N-dealkylation sites (tertiary alicyclic amines) is 1. The summed E-state index contributed by atoms with van der Waals surface area (Å²) in [5.41, 5.74) is -0.0204. The number of carbonyl (C=O) groups is 2. The smallest absolute Gasteiger partial charge is 0.257 e. The molecule has 0 aromatic heterocycles. The molecule has 0 saturated carbocycles. The van der Waals surface area contributed by atoms with Gasteiger partial charge in [-0.1, -0.05) is 17.7 Å². The molecule has 1 aromatic rings. The van der Waals surface area contributed by atoms with E-state index in [0.717, 1.165) is 19.3 Å². The molecular formula is C15H17ClFNO2. The Balaban J connectivity index is 2.25. The van der Waals surface area contributed by atoms with Crippen LogP contribution in [0.5, 0.6) is 0 Å². The van der Waals surface area contributed by atoms with Gasteiger partial charge in [-0.2, -0.15) is 0 Å². The molecule has 1 heterocycles. The van der Waals surface area contributed by atoms with E-state index in [-0.39, 0.29) is 28.3 Å². The van der Waals surface area contributed by atoms with Crippen molar-refractivity contribution in [2.24, 2.45) is 0 Å². The fourth-order valence-corrected chi connectivity index (χ4v) is 2.81. The second-order valence-corrected chi connectivity index (χ2v) is 5.56. The van der Waals surface area contributed by atoms with Crippen LogP contribution in [0.1, 0.15) is 43.0 Å². The van der Waals surface area contributed by atoms with E-state index in [4.69, 9.17) is 11.6 Å². The summed E-state index contributed by atoms with van der Waals surface area (Å²) < 4.78 is 14.0. The van der Waals surface area contributed by atoms with Crippen LogP contribution in [-0.2, 0) is 4.79 Å². The Kier molecular flexibility index (Phi) is 4.76. The molecule has 0 spiro atoms. The lowest BCUT2D eigenvalue weighted by atomic mass is 9.96. The minimum absolute atomic E-state index is 0.0204. The van der Waals surface area contributed by atoms with Gasteiger partial charge in [0.25, 0.3) is 5.91 Å². The van der Waals surface area contributed by atoms with Crippen LogP contribution in [0.2, 0.25) is 5.02 Å². The molecule has 1 aliphatic heterocycles. The first-order valence-electron chi connectivity index (χ1n) is 6.75. The second-order valence-electron chi connectivity index (χ2n) is 5.16. The van der Waals surface area contributed by atoms with Crippen LogP contribution < -0.4 is 0 Å². The van der Waals surface area contributed by atoms with Gasteiger partial charge in [0.15, 0.2) is 5.82 Å². The lowest BCUT2D eigenvalue weighted by Gasteiger charge is -2.35. The van der Waals surface area contributed by atoms with E-state index < -0.39 is 5.82 Å². The van der Waals surface area contributed by atoms with Crippen LogP contribution in [0, 0.1) is 5.82 Å². The SMILES string of the molecule is CC(=O)CC1CCCCN1C(=O)c1cccc(Cl)c1F. The summed E-state index contributed by atoms with van der Waals surface area (Å²) in [5.74, 6) is -1.02. The average molecular weight is 298 g/mol. The molecular weight excluding hydrogens is 281 g/mol. The molecule has 0 N–H and O–H groups in total. The Morgan fingerprint density at radius 1 is 1.40 bits per heavy atom. The molecule has 1 fully saturated rings. The number of halogens is 2. The molecule has 1 atom stereocenters. The summed E-state index contributed by atoms with van der Waals surface area (Å²) in [6.07, 6.45) is 2.98. The Hall–Kier alpha value is -1.42. The van der Waals surface area contributed by atoms with Crippen molar-refractivity contribution in [1.29, 1.82) is 0 Å². The van der Waals surface area contributed by atoms with E-state index in [1.807, 2.05) is 0 Å². The van der Waals surface area contributed by atoms with Gasteiger partial charge in [-0.15, -0.1) is 0 Å². The van der Waals surface area contributed by atoms with Crippen molar-refractivity contribution >= 4 is 23.3 Å². The number of benzene rings is 1. The second kappa shape index (κ2) is 6.35. The van der Waals surface area contributed by atoms with Crippen molar-refractivity contribution in [2.75, 3.05) is 6.54 Å². The highest BCUT2D eigenvalue weighted by atomic mass is 35.5. The molecule has 1 saturated heterocycles. The molecule has 0 bridgehead atoms. The van der Waals surface area contributed by atoms with E-state index in [1.54, 1.807) is 11.0 Å². The van der Waals surface area contributed by atoms with Crippen molar-refractivity contribution in [3.05, 3.63) is 34.6 Å². The third-order valence-electron chi connectivity index (χ3n) is 3.59. The van der Waals surface area contributed by atoms with Crippen molar-refractivity contribution in [3.63, 3.8) is 0 Å². The third kappa shape index (κ3) is 3.18. The van der Waals surface area contributed by atoms with E-state index in [0.29, 0.717) is 13.0 Å². The number of nitrogens with zero attached hydrogens (tertiary/aromatic N) is 1. The molecule has 0 aliphatic carbocycles. The highest BCUT2D eigenvalue weighted by Crippen LogP contribution is 2.25. The Bertz CT molecular complexity index is 533. The minimum atomic E-state index is -0.689. The molecule has 0 radical (unpaired) electrons. The number of rotatable bonds is 3. The fourth-order valence-electron chi connectivity index (χ4n) is 2.64. The van der Waals surface area contributed by atoms with Gasteiger partial charge < -0.3 is 4.90 Å². The number of amides is 1. The lowest BCUT2D eigenvalue weighted by molar-refractivity contribution is -0.118. The van der Waals surface area contributed by atoms with E-state index in [9.17, 15) is 14.0 Å². The summed E-state index contributed by atoms with van der Waals surface area (Å²) in [7, 11) is 0. The molecule has 3 nitrogen and oxygen atoms in total. The molecule has 1 amide bonds. The fraction of sp³-hybridized carbons (Fsp3) is 0.467. The number of ketones is 1. The van der Waals surface area contributed by atoms with Crippen LogP contribution in [0.4, 0.5) is 4.39 Å². The first-order valence-corrected chi connectivity index (χ1v) is 7.13. The maximum Gasteiger partial charge on any atom is 0.257 e. The average Bonchev–Trinajstić information content (AvgIpc) is 2.41. The molecule has 108 valence electrons. The first-order chi connectivity index (χ1) is 9.50. The summed E-state index contributed by atoms with van der Waals surface area (Å²) in [6.45, 7) is 2.07. The topological polar surface area (TPSA) is 37.4 Å². The Labute approximate surface area is 122 Å². The van der Waals surface area contributed by atoms with Crippen LogP contribution in [-0.4, -0.2) is 29.2 Å². The van der Waals surface area contributed by atoms with Gasteiger partial charge in [-0.25, -0.2) is 4.39 Å². The maximum absolute atomic E-state index is 14.0. The van der Waals surface area contributed by atoms with Crippen molar-refractivity contribution in [2.45, 2.75) is 38.6 Å². The van der Waals surface area contributed by atoms with Gasteiger partial charge in [0.05, 0.1) is 10.6 Å². The lowest BCUT2D eigenvalue weighted by Crippen LogP contribution is -2.44. The molecule has 1 aromatic carbocycles. The standard InChI is InChI=1S/C15H17ClFNO2/c1-10(19)9-11-5-2-3-8-18(11)15(20)12-6-4-7-13(16)14(12)17/h4,6-7,11H,2-3,5,8-9H2,1H3. The van der Waals surface area contributed by atoms with E-state index in [1.165, 1.54) is 19.1 Å². The van der Waals surface area contributed by atoms with E-state index in [2.05, 4.69) is 0 Å². The molecule has 20 heavy (non-hydrogen) atoms. The molecule has 5 heteroatoms. The van der Waals surface area contributed by atoms with Gasteiger partial charge in [-0.3, -0.25) is 9.59 Å². The van der Waals surface area contributed by atoms with Crippen LogP contribution in [0.15, 0.2) is 18.2 Å². The van der Waals surface area contributed by atoms with Crippen LogP contribution in [0.3, 0.4) is 0 Å². The summed E-state index contributed by atoms with van der Waals surface area (Å²) in [5, 5.41) is -0.0593. The van der Waals surface area contributed by atoms with Gasteiger partial charge in [-0.05, 0) is 38.3 Å². The number of Topliss-reactive ketones (excluding diaryl/α,β-unsaturated/α-hetero) is 1. The predicted molar refractivity (Wildman–Crippen MR) is 75.4 cm³/mol. The highest BCUT2D eigenvalue weighted by Gasteiger charge is 2.29. The first kappa shape index (κ1) is 15.0. The van der Waals surface area contributed by atoms with Gasteiger partial charge in [0, 0.05) is 19.0 Å². The summed E-state index contributed by atoms with van der Waals surface area (Å²) >= 11 is 5.72. The van der Waals surface area contributed by atoms with Gasteiger partial charge >= 0.3 is 0 Å². The zero-order chi connectivity index (χ0) is 14.7.